The van der Waals surface area contributed by atoms with Crippen molar-refractivity contribution in [3.63, 3.8) is 0 Å². The zero-order chi connectivity index (χ0) is 14.6. The third kappa shape index (κ3) is 5.12. The Labute approximate surface area is 120 Å². The van der Waals surface area contributed by atoms with Crippen LogP contribution in [0, 0.1) is 17.7 Å². The summed E-state index contributed by atoms with van der Waals surface area (Å²) in [7, 11) is 0. The zero-order valence-corrected chi connectivity index (χ0v) is 13.0. The van der Waals surface area contributed by atoms with E-state index in [1.54, 1.807) is 12.1 Å². The van der Waals surface area contributed by atoms with Gasteiger partial charge in [0.15, 0.2) is 0 Å². The molecule has 1 aromatic carbocycles. The lowest BCUT2D eigenvalue weighted by atomic mass is 9.80. The van der Waals surface area contributed by atoms with E-state index in [2.05, 4.69) is 27.7 Å². The second kappa shape index (κ2) is 6.71. The first-order valence-corrected chi connectivity index (χ1v) is 7.26. The molecule has 0 heterocycles. The van der Waals surface area contributed by atoms with Crippen LogP contribution in [0.1, 0.15) is 46.1 Å². The van der Waals surface area contributed by atoms with Crippen LogP contribution in [0.2, 0.25) is 5.02 Å². The average Bonchev–Trinajstić information content (AvgIpc) is 2.21. The molecule has 0 aromatic heterocycles. The van der Waals surface area contributed by atoms with Crippen molar-refractivity contribution in [2.75, 3.05) is 0 Å². The summed E-state index contributed by atoms with van der Waals surface area (Å²) < 4.78 is 13.9. The van der Waals surface area contributed by atoms with Gasteiger partial charge in [-0.25, -0.2) is 4.39 Å². The van der Waals surface area contributed by atoms with Gasteiger partial charge < -0.3 is 5.11 Å². The van der Waals surface area contributed by atoms with Crippen LogP contribution in [-0.4, -0.2) is 10.7 Å². The Hall–Kier alpha value is -0.600. The van der Waals surface area contributed by atoms with E-state index in [4.69, 9.17) is 11.6 Å². The van der Waals surface area contributed by atoms with E-state index in [-0.39, 0.29) is 12.2 Å². The van der Waals surface area contributed by atoms with E-state index in [1.165, 1.54) is 6.07 Å². The zero-order valence-electron chi connectivity index (χ0n) is 12.2. The Morgan fingerprint density at radius 3 is 2.11 bits per heavy atom. The molecule has 0 fully saturated rings. The van der Waals surface area contributed by atoms with Gasteiger partial charge in [-0.2, -0.15) is 0 Å². The molecule has 1 aromatic rings. The highest BCUT2D eigenvalue weighted by Gasteiger charge is 2.31. The smallest absolute Gasteiger partial charge is 0.127 e. The minimum absolute atomic E-state index is 0.273. The van der Waals surface area contributed by atoms with Gasteiger partial charge in [-0.05, 0) is 36.8 Å². The quantitative estimate of drug-likeness (QED) is 0.793. The minimum atomic E-state index is -0.895. The molecule has 108 valence electrons. The molecule has 0 aliphatic heterocycles. The largest absolute Gasteiger partial charge is 0.390 e. The number of halogens is 2. The maximum atomic E-state index is 13.9. The third-order valence-electron chi connectivity index (χ3n) is 3.14. The lowest BCUT2D eigenvalue weighted by Crippen LogP contribution is -2.35. The van der Waals surface area contributed by atoms with E-state index >= 15 is 0 Å². The lowest BCUT2D eigenvalue weighted by Gasteiger charge is -2.32. The predicted octanol–water partition coefficient (Wildman–Crippen LogP) is 4.84. The molecular formula is C16H24ClFO. The van der Waals surface area contributed by atoms with Crippen LogP contribution in [0.5, 0.6) is 0 Å². The Morgan fingerprint density at radius 2 is 1.68 bits per heavy atom. The Balaban J connectivity index is 3.00. The molecule has 0 spiro atoms. The van der Waals surface area contributed by atoms with Gasteiger partial charge in [-0.15, -0.1) is 0 Å². The minimum Gasteiger partial charge on any atom is -0.390 e. The summed E-state index contributed by atoms with van der Waals surface area (Å²) in [6, 6.07) is 4.66. The number of rotatable bonds is 6. The SMILES string of the molecule is CC(C)CC(O)(Cc1c(F)cccc1Cl)CC(C)C. The van der Waals surface area contributed by atoms with E-state index < -0.39 is 5.60 Å². The molecule has 0 radical (unpaired) electrons. The molecule has 0 bridgehead atoms. The lowest BCUT2D eigenvalue weighted by molar-refractivity contribution is 0.0000751. The molecular weight excluding hydrogens is 263 g/mol. The molecule has 3 heteroatoms. The summed E-state index contributed by atoms with van der Waals surface area (Å²) in [5, 5.41) is 11.2. The molecule has 0 amide bonds. The van der Waals surface area contributed by atoms with Crippen LogP contribution in [-0.2, 0) is 6.42 Å². The second-order valence-electron chi connectivity index (χ2n) is 6.30. The van der Waals surface area contributed by atoms with Gasteiger partial charge in [0.05, 0.1) is 5.60 Å². The average molecular weight is 287 g/mol. The Morgan fingerprint density at radius 1 is 1.16 bits per heavy atom. The first kappa shape index (κ1) is 16.5. The van der Waals surface area contributed by atoms with Gasteiger partial charge in [0, 0.05) is 17.0 Å². The topological polar surface area (TPSA) is 20.2 Å². The number of aliphatic hydroxyl groups is 1. The molecule has 0 aliphatic rings. The maximum absolute atomic E-state index is 13.9. The molecule has 0 saturated heterocycles. The van der Waals surface area contributed by atoms with Gasteiger partial charge in [0.2, 0.25) is 0 Å². The number of benzene rings is 1. The van der Waals surface area contributed by atoms with Crippen molar-refractivity contribution in [3.05, 3.63) is 34.6 Å². The molecule has 0 saturated carbocycles. The summed E-state index contributed by atoms with van der Waals surface area (Å²) in [5.41, 5.74) is -0.471. The van der Waals surface area contributed by atoms with Crippen LogP contribution in [0.25, 0.3) is 0 Å². The number of hydrogen-bond donors (Lipinski definition) is 1. The van der Waals surface area contributed by atoms with Gasteiger partial charge in [-0.3, -0.25) is 0 Å². The summed E-state index contributed by atoms with van der Waals surface area (Å²) in [6.45, 7) is 8.25. The molecule has 0 atom stereocenters. The predicted molar refractivity (Wildman–Crippen MR) is 79.0 cm³/mol. The second-order valence-corrected chi connectivity index (χ2v) is 6.70. The highest BCUT2D eigenvalue weighted by Crippen LogP contribution is 2.32. The highest BCUT2D eigenvalue weighted by molar-refractivity contribution is 6.31. The molecule has 1 rings (SSSR count). The van der Waals surface area contributed by atoms with Crippen LogP contribution >= 0.6 is 11.6 Å². The summed E-state index contributed by atoms with van der Waals surface area (Å²) in [5.74, 6) is 0.377. The van der Waals surface area contributed by atoms with Crippen molar-refractivity contribution in [2.45, 2.75) is 52.6 Å². The fourth-order valence-electron chi connectivity index (χ4n) is 2.78. The first-order chi connectivity index (χ1) is 8.73. The van der Waals surface area contributed by atoms with Gasteiger partial charge in [0.1, 0.15) is 5.82 Å². The van der Waals surface area contributed by atoms with Crippen molar-refractivity contribution in [1.29, 1.82) is 0 Å². The molecule has 19 heavy (non-hydrogen) atoms. The summed E-state index contributed by atoms with van der Waals surface area (Å²) in [4.78, 5) is 0. The van der Waals surface area contributed by atoms with Crippen molar-refractivity contribution in [1.82, 2.24) is 0 Å². The molecule has 0 aliphatic carbocycles. The fourth-order valence-corrected chi connectivity index (χ4v) is 3.01. The van der Waals surface area contributed by atoms with Crippen LogP contribution in [0.15, 0.2) is 18.2 Å². The van der Waals surface area contributed by atoms with E-state index in [0.717, 1.165) is 0 Å². The fraction of sp³-hybridized carbons (Fsp3) is 0.625. The first-order valence-electron chi connectivity index (χ1n) is 6.89. The standard InChI is InChI=1S/C16H24ClFO/c1-11(2)8-16(19,9-12(3)4)10-13-14(17)6-5-7-15(13)18/h5-7,11-12,19H,8-10H2,1-4H3. The highest BCUT2D eigenvalue weighted by atomic mass is 35.5. The van der Waals surface area contributed by atoms with Crippen molar-refractivity contribution in [2.24, 2.45) is 11.8 Å². The van der Waals surface area contributed by atoms with Gasteiger partial charge in [0.25, 0.3) is 0 Å². The van der Waals surface area contributed by atoms with E-state index in [0.29, 0.717) is 35.3 Å². The van der Waals surface area contributed by atoms with E-state index in [9.17, 15) is 9.50 Å². The molecule has 1 N–H and O–H groups in total. The van der Waals surface area contributed by atoms with Crippen LogP contribution < -0.4 is 0 Å². The Bertz CT molecular complexity index is 385. The third-order valence-corrected chi connectivity index (χ3v) is 3.50. The molecule has 0 unspecified atom stereocenters. The Kier molecular flexibility index (Phi) is 5.82. The van der Waals surface area contributed by atoms with Crippen LogP contribution in [0.3, 0.4) is 0 Å². The van der Waals surface area contributed by atoms with E-state index in [1.807, 2.05) is 0 Å². The van der Waals surface area contributed by atoms with Crippen molar-refractivity contribution >= 4 is 11.6 Å². The van der Waals surface area contributed by atoms with Gasteiger partial charge in [-0.1, -0.05) is 45.4 Å². The summed E-state index contributed by atoms with van der Waals surface area (Å²) >= 11 is 6.06. The van der Waals surface area contributed by atoms with Crippen molar-refractivity contribution < 1.29 is 9.50 Å². The molecule has 1 nitrogen and oxygen atoms in total. The number of hydrogen-bond acceptors (Lipinski definition) is 1. The monoisotopic (exact) mass is 286 g/mol. The summed E-state index contributed by atoms with van der Waals surface area (Å²) in [6.07, 6.45) is 1.57. The normalized spacial score (nSPS) is 12.5. The van der Waals surface area contributed by atoms with Crippen molar-refractivity contribution in [3.8, 4) is 0 Å². The van der Waals surface area contributed by atoms with Crippen LogP contribution in [0.4, 0.5) is 4.39 Å². The van der Waals surface area contributed by atoms with Gasteiger partial charge >= 0.3 is 0 Å². The maximum Gasteiger partial charge on any atom is 0.127 e.